The number of hydrogen-bond donors (Lipinski definition) is 2. The number of rotatable bonds is 4. The van der Waals surface area contributed by atoms with E-state index in [0.29, 0.717) is 0 Å². The average Bonchev–Trinajstić information content (AvgIpc) is 2.35. The van der Waals surface area contributed by atoms with E-state index in [2.05, 4.69) is 0 Å². The molecule has 1 saturated heterocycles. The molecule has 9 nitrogen and oxygen atoms in total. The molecule has 0 amide bonds. The number of esters is 3. The number of hydrogen-bond acceptors (Lipinski definition) is 9. The van der Waals surface area contributed by atoms with Crippen LogP contribution in [-0.2, 0) is 33.3 Å². The minimum absolute atomic E-state index is 0.598. The standard InChI is InChI=1S/C12H18O9/c1-5(14)18-9-8(4-13)21-12(17)11(20-7(3)16)10(9)19-6(2)15/h8-13,17H,4H2,1-3H3/t8-,9-,10+,11+,12-/m1/s1. The van der Waals surface area contributed by atoms with Gasteiger partial charge in [-0.1, -0.05) is 0 Å². The lowest BCUT2D eigenvalue weighted by Gasteiger charge is -2.42. The fraction of sp³-hybridized carbons (Fsp3) is 0.750. The van der Waals surface area contributed by atoms with Crippen LogP contribution >= 0.6 is 0 Å². The van der Waals surface area contributed by atoms with Crippen molar-refractivity contribution in [3.63, 3.8) is 0 Å². The first-order valence-corrected chi connectivity index (χ1v) is 6.22. The summed E-state index contributed by atoms with van der Waals surface area (Å²) in [5, 5.41) is 19.0. The van der Waals surface area contributed by atoms with Gasteiger partial charge in [0.15, 0.2) is 24.6 Å². The summed E-state index contributed by atoms with van der Waals surface area (Å²) < 4.78 is 19.8. The number of ether oxygens (including phenoxy) is 4. The first kappa shape index (κ1) is 17.3. The Hall–Kier alpha value is -1.71. The molecule has 0 radical (unpaired) electrons. The predicted molar refractivity (Wildman–Crippen MR) is 64.6 cm³/mol. The normalized spacial score (nSPS) is 32.1. The zero-order valence-electron chi connectivity index (χ0n) is 11.8. The summed E-state index contributed by atoms with van der Waals surface area (Å²) in [6.45, 7) is 2.71. The van der Waals surface area contributed by atoms with E-state index in [1.165, 1.54) is 0 Å². The quantitative estimate of drug-likeness (QED) is 0.470. The molecule has 0 aliphatic carbocycles. The SMILES string of the molecule is CC(=O)O[C@@H]1[C@H](OC(C)=O)[C@H](O)O[C@H](CO)[C@H]1OC(C)=O. The van der Waals surface area contributed by atoms with Gasteiger partial charge in [-0.3, -0.25) is 14.4 Å². The Morgan fingerprint density at radius 3 is 1.76 bits per heavy atom. The highest BCUT2D eigenvalue weighted by Gasteiger charge is 2.51. The lowest BCUT2D eigenvalue weighted by Crippen LogP contribution is -2.62. The monoisotopic (exact) mass is 306 g/mol. The molecule has 21 heavy (non-hydrogen) atoms. The number of carbonyl (C=O) groups excluding carboxylic acids is 3. The third-order valence-corrected chi connectivity index (χ3v) is 2.70. The van der Waals surface area contributed by atoms with E-state index in [1.54, 1.807) is 0 Å². The third kappa shape index (κ3) is 4.66. The van der Waals surface area contributed by atoms with Crippen LogP contribution in [-0.4, -0.2) is 65.4 Å². The van der Waals surface area contributed by atoms with Crippen LogP contribution in [0.4, 0.5) is 0 Å². The Morgan fingerprint density at radius 2 is 1.33 bits per heavy atom. The average molecular weight is 306 g/mol. The molecule has 0 spiro atoms. The lowest BCUT2D eigenvalue weighted by atomic mass is 9.98. The molecular formula is C12H18O9. The van der Waals surface area contributed by atoms with Gasteiger partial charge in [-0.2, -0.15) is 0 Å². The second-order valence-corrected chi connectivity index (χ2v) is 4.47. The molecule has 0 aromatic heterocycles. The van der Waals surface area contributed by atoms with Crippen LogP contribution in [0.2, 0.25) is 0 Å². The van der Waals surface area contributed by atoms with Crippen LogP contribution in [0.25, 0.3) is 0 Å². The molecule has 9 heteroatoms. The van der Waals surface area contributed by atoms with Crippen molar-refractivity contribution in [2.45, 2.75) is 51.5 Å². The molecule has 0 unspecified atom stereocenters. The van der Waals surface area contributed by atoms with Crippen molar-refractivity contribution in [1.82, 2.24) is 0 Å². The van der Waals surface area contributed by atoms with Gasteiger partial charge >= 0.3 is 17.9 Å². The molecule has 0 saturated carbocycles. The smallest absolute Gasteiger partial charge is 0.303 e. The van der Waals surface area contributed by atoms with Gasteiger partial charge in [0, 0.05) is 20.8 Å². The van der Waals surface area contributed by atoms with Gasteiger partial charge in [-0.15, -0.1) is 0 Å². The fourth-order valence-electron chi connectivity index (χ4n) is 2.02. The van der Waals surface area contributed by atoms with Gasteiger partial charge in [0.25, 0.3) is 0 Å². The van der Waals surface area contributed by atoms with Crippen molar-refractivity contribution >= 4 is 17.9 Å². The second kappa shape index (κ2) is 7.34. The third-order valence-electron chi connectivity index (χ3n) is 2.70. The molecule has 0 bridgehead atoms. The topological polar surface area (TPSA) is 129 Å². The van der Waals surface area contributed by atoms with Gasteiger partial charge < -0.3 is 29.2 Å². The largest absolute Gasteiger partial charge is 0.456 e. The summed E-state index contributed by atoms with van der Waals surface area (Å²) in [5.41, 5.74) is 0. The molecule has 0 aromatic carbocycles. The van der Waals surface area contributed by atoms with Crippen LogP contribution in [0.5, 0.6) is 0 Å². The molecule has 2 N–H and O–H groups in total. The maximum Gasteiger partial charge on any atom is 0.303 e. The summed E-state index contributed by atoms with van der Waals surface area (Å²) in [4.78, 5) is 33.4. The minimum Gasteiger partial charge on any atom is -0.456 e. The zero-order valence-corrected chi connectivity index (χ0v) is 11.8. The molecule has 5 atom stereocenters. The van der Waals surface area contributed by atoms with Crippen LogP contribution < -0.4 is 0 Å². The molecule has 1 rings (SSSR count). The second-order valence-electron chi connectivity index (χ2n) is 4.47. The van der Waals surface area contributed by atoms with Crippen LogP contribution in [0.1, 0.15) is 20.8 Å². The summed E-state index contributed by atoms with van der Waals surface area (Å²) in [6.07, 6.45) is -6.65. The van der Waals surface area contributed by atoms with Gasteiger partial charge in [-0.25, -0.2) is 0 Å². The van der Waals surface area contributed by atoms with E-state index in [9.17, 15) is 24.6 Å². The Kier molecular flexibility index (Phi) is 6.06. The molecule has 1 fully saturated rings. The van der Waals surface area contributed by atoms with Crippen molar-refractivity contribution in [1.29, 1.82) is 0 Å². The summed E-state index contributed by atoms with van der Waals surface area (Å²) >= 11 is 0. The van der Waals surface area contributed by atoms with E-state index >= 15 is 0 Å². The van der Waals surface area contributed by atoms with Gasteiger partial charge in [0.2, 0.25) is 0 Å². The Labute approximate surface area is 120 Å². The number of aliphatic hydroxyl groups is 2. The molecular weight excluding hydrogens is 288 g/mol. The molecule has 0 aromatic rings. The van der Waals surface area contributed by atoms with E-state index in [1.807, 2.05) is 0 Å². The van der Waals surface area contributed by atoms with Gasteiger partial charge in [0.05, 0.1) is 6.61 Å². The van der Waals surface area contributed by atoms with Crippen molar-refractivity contribution < 1.29 is 43.5 Å². The number of carbonyl (C=O) groups is 3. The first-order valence-electron chi connectivity index (χ1n) is 6.22. The lowest BCUT2D eigenvalue weighted by molar-refractivity contribution is -0.295. The molecule has 1 heterocycles. The van der Waals surface area contributed by atoms with Crippen molar-refractivity contribution in [3.8, 4) is 0 Å². The van der Waals surface area contributed by atoms with E-state index in [4.69, 9.17) is 18.9 Å². The predicted octanol–water partition coefficient (Wildman–Crippen LogP) is -1.51. The highest BCUT2D eigenvalue weighted by molar-refractivity contribution is 5.68. The minimum atomic E-state index is -1.64. The fourth-order valence-corrected chi connectivity index (χ4v) is 2.02. The Balaban J connectivity index is 3.08. The summed E-state index contributed by atoms with van der Waals surface area (Å²) in [5.74, 6) is -2.19. The van der Waals surface area contributed by atoms with Gasteiger partial charge in [0.1, 0.15) is 6.10 Å². The van der Waals surface area contributed by atoms with Crippen molar-refractivity contribution in [2.24, 2.45) is 0 Å². The molecule has 1 aliphatic heterocycles. The van der Waals surface area contributed by atoms with Crippen LogP contribution in [0.3, 0.4) is 0 Å². The summed E-state index contributed by atoms with van der Waals surface area (Å²) in [7, 11) is 0. The molecule has 120 valence electrons. The first-order chi connectivity index (χ1) is 9.76. The Bertz CT molecular complexity index is 408. The highest BCUT2D eigenvalue weighted by Crippen LogP contribution is 2.27. The molecule has 1 aliphatic rings. The Morgan fingerprint density at radius 1 is 0.905 bits per heavy atom. The number of aliphatic hydroxyl groups excluding tert-OH is 2. The maximum absolute atomic E-state index is 11.2. The van der Waals surface area contributed by atoms with Crippen molar-refractivity contribution in [3.05, 3.63) is 0 Å². The van der Waals surface area contributed by atoms with Crippen LogP contribution in [0, 0.1) is 0 Å². The maximum atomic E-state index is 11.2. The highest BCUT2D eigenvalue weighted by atomic mass is 16.7. The zero-order chi connectivity index (χ0) is 16.2. The van der Waals surface area contributed by atoms with E-state index in [-0.39, 0.29) is 0 Å². The van der Waals surface area contributed by atoms with E-state index in [0.717, 1.165) is 20.8 Å². The van der Waals surface area contributed by atoms with Crippen molar-refractivity contribution in [2.75, 3.05) is 6.61 Å². The van der Waals surface area contributed by atoms with E-state index < -0.39 is 55.2 Å². The van der Waals surface area contributed by atoms with Crippen LogP contribution in [0.15, 0.2) is 0 Å². The summed E-state index contributed by atoms with van der Waals surface area (Å²) in [6, 6.07) is 0. The van der Waals surface area contributed by atoms with Gasteiger partial charge in [-0.05, 0) is 0 Å².